The lowest BCUT2D eigenvalue weighted by Crippen LogP contribution is -2.45. The van der Waals surface area contributed by atoms with Crippen LogP contribution in [0.15, 0.2) is 18.2 Å². The number of anilines is 1. The molecule has 1 aliphatic heterocycles. The quantitative estimate of drug-likeness (QED) is 0.862. The van der Waals surface area contributed by atoms with Gasteiger partial charge in [-0.05, 0) is 26.0 Å². The number of rotatable bonds is 3. The second-order valence-corrected chi connectivity index (χ2v) is 4.75. The van der Waals surface area contributed by atoms with Crippen LogP contribution < -0.4 is 10.1 Å². The van der Waals surface area contributed by atoms with Gasteiger partial charge >= 0.3 is 0 Å². The van der Waals surface area contributed by atoms with Gasteiger partial charge in [-0.3, -0.25) is 0 Å². The molecule has 1 aliphatic rings. The number of nitrogens with one attached hydrogen (secondary N) is 1. The molecule has 0 unspecified atom stereocenters. The van der Waals surface area contributed by atoms with Crippen LogP contribution in [0.25, 0.3) is 0 Å². The topological polar surface area (TPSA) is 60.0 Å². The summed E-state index contributed by atoms with van der Waals surface area (Å²) in [6.07, 6.45) is 0. The highest BCUT2D eigenvalue weighted by Crippen LogP contribution is 2.29. The Morgan fingerprint density at radius 2 is 2.00 bits per heavy atom. The van der Waals surface area contributed by atoms with E-state index in [0.717, 1.165) is 5.69 Å². The van der Waals surface area contributed by atoms with Gasteiger partial charge in [-0.2, -0.15) is 0 Å². The van der Waals surface area contributed by atoms with Crippen molar-refractivity contribution in [2.45, 2.75) is 25.7 Å². The number of phenolic OH excluding ortho intramolecular Hbond substituents is 1. The van der Waals surface area contributed by atoms with Crippen molar-refractivity contribution in [1.82, 2.24) is 0 Å². The maximum atomic E-state index is 9.68. The molecule has 1 aromatic carbocycles. The number of hydrogen-bond donors (Lipinski definition) is 2. The van der Waals surface area contributed by atoms with Crippen LogP contribution >= 0.6 is 0 Å². The first-order valence-electron chi connectivity index (χ1n) is 5.91. The molecule has 0 spiro atoms. The molecule has 2 rings (SSSR count). The first-order chi connectivity index (χ1) is 8.50. The molecular weight excluding hydrogens is 234 g/mol. The van der Waals surface area contributed by atoms with E-state index in [0.29, 0.717) is 19.0 Å². The van der Waals surface area contributed by atoms with E-state index in [1.165, 1.54) is 7.11 Å². The van der Waals surface area contributed by atoms with Gasteiger partial charge in [0.15, 0.2) is 17.3 Å². The maximum absolute atomic E-state index is 9.68. The molecule has 0 bridgehead atoms. The summed E-state index contributed by atoms with van der Waals surface area (Å²) >= 11 is 0. The van der Waals surface area contributed by atoms with Crippen LogP contribution in [0.4, 0.5) is 5.69 Å². The summed E-state index contributed by atoms with van der Waals surface area (Å²) in [6, 6.07) is 5.26. The molecule has 1 aromatic rings. The minimum Gasteiger partial charge on any atom is -0.504 e. The number of ether oxygens (including phenoxy) is 3. The Labute approximate surface area is 107 Å². The van der Waals surface area contributed by atoms with Crippen molar-refractivity contribution in [3.8, 4) is 11.5 Å². The molecule has 5 nitrogen and oxygen atoms in total. The largest absolute Gasteiger partial charge is 0.504 e. The summed E-state index contributed by atoms with van der Waals surface area (Å²) in [5.74, 6) is 0.0542. The van der Waals surface area contributed by atoms with Crippen molar-refractivity contribution < 1.29 is 19.3 Å². The average molecular weight is 253 g/mol. The molecule has 1 saturated heterocycles. The van der Waals surface area contributed by atoms with Crippen molar-refractivity contribution >= 4 is 5.69 Å². The molecule has 2 N–H and O–H groups in total. The van der Waals surface area contributed by atoms with Crippen molar-refractivity contribution in [2.75, 3.05) is 25.6 Å². The summed E-state index contributed by atoms with van der Waals surface area (Å²) in [5.41, 5.74) is 0.810. The Balaban J connectivity index is 1.96. The zero-order valence-electron chi connectivity index (χ0n) is 10.9. The molecule has 5 heteroatoms. The van der Waals surface area contributed by atoms with Crippen LogP contribution in [0.2, 0.25) is 0 Å². The zero-order valence-corrected chi connectivity index (χ0v) is 10.9. The number of phenols is 1. The Morgan fingerprint density at radius 1 is 1.33 bits per heavy atom. The van der Waals surface area contributed by atoms with E-state index in [-0.39, 0.29) is 11.8 Å². The van der Waals surface area contributed by atoms with Gasteiger partial charge in [-0.15, -0.1) is 0 Å². The minimum absolute atomic E-state index is 0.0748. The van der Waals surface area contributed by atoms with E-state index in [1.807, 2.05) is 19.9 Å². The average Bonchev–Trinajstić information content (AvgIpc) is 2.32. The first kappa shape index (κ1) is 13.0. The molecule has 0 aromatic heterocycles. The smallest absolute Gasteiger partial charge is 0.162 e. The SMILES string of the molecule is COc1ccc(NC2COC(C)(C)OC2)cc1O. The van der Waals surface area contributed by atoms with Gasteiger partial charge in [-0.25, -0.2) is 0 Å². The summed E-state index contributed by atoms with van der Waals surface area (Å²) in [7, 11) is 1.52. The maximum Gasteiger partial charge on any atom is 0.162 e. The van der Waals surface area contributed by atoms with Gasteiger partial charge < -0.3 is 24.6 Å². The van der Waals surface area contributed by atoms with Crippen molar-refractivity contribution in [3.63, 3.8) is 0 Å². The van der Waals surface area contributed by atoms with Gasteiger partial charge in [0.25, 0.3) is 0 Å². The highest BCUT2D eigenvalue weighted by atomic mass is 16.7. The van der Waals surface area contributed by atoms with E-state index < -0.39 is 5.79 Å². The molecule has 0 saturated carbocycles. The van der Waals surface area contributed by atoms with Crippen LogP contribution in [0.1, 0.15) is 13.8 Å². The fourth-order valence-corrected chi connectivity index (χ4v) is 1.79. The molecular formula is C13H19NO4. The highest BCUT2D eigenvalue weighted by Gasteiger charge is 2.28. The second-order valence-electron chi connectivity index (χ2n) is 4.75. The second kappa shape index (κ2) is 5.04. The lowest BCUT2D eigenvalue weighted by atomic mass is 10.2. The normalized spacial score (nSPS) is 19.5. The predicted octanol–water partition coefficient (Wildman–Crippen LogP) is 1.96. The third-order valence-electron chi connectivity index (χ3n) is 2.81. The fourth-order valence-electron chi connectivity index (χ4n) is 1.79. The van der Waals surface area contributed by atoms with Gasteiger partial charge in [0.1, 0.15) is 0 Å². The Kier molecular flexibility index (Phi) is 3.63. The predicted molar refractivity (Wildman–Crippen MR) is 68.1 cm³/mol. The van der Waals surface area contributed by atoms with Gasteiger partial charge in [0, 0.05) is 11.8 Å². The lowest BCUT2D eigenvalue weighted by Gasteiger charge is -2.35. The first-order valence-corrected chi connectivity index (χ1v) is 5.91. The van der Waals surface area contributed by atoms with E-state index in [1.54, 1.807) is 12.1 Å². The molecule has 0 radical (unpaired) electrons. The summed E-state index contributed by atoms with van der Waals surface area (Å²) in [5, 5.41) is 12.9. The monoisotopic (exact) mass is 253 g/mol. The van der Waals surface area contributed by atoms with Crippen LogP contribution in [0.3, 0.4) is 0 Å². The van der Waals surface area contributed by atoms with E-state index >= 15 is 0 Å². The molecule has 0 aliphatic carbocycles. The standard InChI is InChI=1S/C13H19NO4/c1-13(2)17-7-10(8-18-13)14-9-4-5-12(16-3)11(15)6-9/h4-6,10,14-15H,7-8H2,1-3H3. The number of benzene rings is 1. The number of hydrogen-bond acceptors (Lipinski definition) is 5. The van der Waals surface area contributed by atoms with Gasteiger partial charge in [-0.1, -0.05) is 0 Å². The summed E-state index contributed by atoms with van der Waals surface area (Å²) < 4.78 is 16.1. The molecule has 18 heavy (non-hydrogen) atoms. The van der Waals surface area contributed by atoms with Gasteiger partial charge in [0.05, 0.1) is 26.4 Å². The Hall–Kier alpha value is -1.46. The third-order valence-corrected chi connectivity index (χ3v) is 2.81. The van der Waals surface area contributed by atoms with E-state index in [9.17, 15) is 5.11 Å². The van der Waals surface area contributed by atoms with Crippen LogP contribution in [0, 0.1) is 0 Å². The van der Waals surface area contributed by atoms with Crippen LogP contribution in [0.5, 0.6) is 11.5 Å². The van der Waals surface area contributed by atoms with Gasteiger partial charge in [0.2, 0.25) is 0 Å². The zero-order chi connectivity index (χ0) is 13.2. The van der Waals surface area contributed by atoms with Crippen molar-refractivity contribution in [2.24, 2.45) is 0 Å². The van der Waals surface area contributed by atoms with Crippen molar-refractivity contribution in [3.05, 3.63) is 18.2 Å². The van der Waals surface area contributed by atoms with Crippen molar-refractivity contribution in [1.29, 1.82) is 0 Å². The van der Waals surface area contributed by atoms with E-state index in [4.69, 9.17) is 14.2 Å². The molecule has 0 amide bonds. The molecule has 0 atom stereocenters. The lowest BCUT2D eigenvalue weighted by molar-refractivity contribution is -0.247. The summed E-state index contributed by atoms with van der Waals surface area (Å²) in [4.78, 5) is 0. The Morgan fingerprint density at radius 3 is 2.56 bits per heavy atom. The third kappa shape index (κ3) is 3.05. The minimum atomic E-state index is -0.514. The molecule has 1 heterocycles. The Bertz CT molecular complexity index is 409. The fraction of sp³-hybridized carbons (Fsp3) is 0.538. The number of methoxy groups -OCH3 is 1. The number of aromatic hydroxyl groups is 1. The summed E-state index contributed by atoms with van der Waals surface area (Å²) in [6.45, 7) is 4.92. The molecule has 1 fully saturated rings. The highest BCUT2D eigenvalue weighted by molar-refractivity contribution is 5.54. The molecule has 100 valence electrons. The van der Waals surface area contributed by atoms with Crippen LogP contribution in [-0.4, -0.2) is 37.3 Å². The van der Waals surface area contributed by atoms with Crippen LogP contribution in [-0.2, 0) is 9.47 Å². The van der Waals surface area contributed by atoms with E-state index in [2.05, 4.69) is 5.32 Å².